The third-order valence-electron chi connectivity index (χ3n) is 4.32. The van der Waals surface area contributed by atoms with Crippen LogP contribution in [0.4, 0.5) is 4.79 Å². The largest absolute Gasteiger partial charge is 0.444 e. The maximum absolute atomic E-state index is 12.5. The van der Waals surface area contributed by atoms with Gasteiger partial charge in [-0.15, -0.1) is 0 Å². The molecule has 1 aromatic rings. The van der Waals surface area contributed by atoms with Gasteiger partial charge in [0, 0.05) is 12.1 Å². The van der Waals surface area contributed by atoms with Crippen molar-refractivity contribution < 1.29 is 22.1 Å². The van der Waals surface area contributed by atoms with E-state index in [0.29, 0.717) is 19.4 Å². The Morgan fingerprint density at radius 3 is 2.27 bits per heavy atom. The summed E-state index contributed by atoms with van der Waals surface area (Å²) in [5, 5.41) is 0. The SMILES string of the molecule is Cc1ccc(S(=O)(=O)OC2CCN(C(=O)OC(C)(C)C)C(C)(C)C2)cc1. The van der Waals surface area contributed by atoms with Gasteiger partial charge in [-0.2, -0.15) is 8.42 Å². The van der Waals surface area contributed by atoms with E-state index in [4.69, 9.17) is 8.92 Å². The first-order chi connectivity index (χ1) is 11.8. The number of ether oxygens (including phenoxy) is 1. The second-order valence-corrected chi connectivity index (χ2v) is 9.99. The summed E-state index contributed by atoms with van der Waals surface area (Å²) in [5.74, 6) is 0. The standard InChI is InChI=1S/C19H29NO5S/c1-14-7-9-16(10-8-14)26(22,23)25-15-11-12-20(19(5,6)13-15)17(21)24-18(2,3)4/h7-10,15H,11-13H2,1-6H3. The van der Waals surface area contributed by atoms with Crippen molar-refractivity contribution in [3.8, 4) is 0 Å². The zero-order valence-electron chi connectivity index (χ0n) is 16.4. The van der Waals surface area contributed by atoms with Gasteiger partial charge >= 0.3 is 6.09 Å². The van der Waals surface area contributed by atoms with Crippen LogP contribution in [0.15, 0.2) is 29.2 Å². The lowest BCUT2D eigenvalue weighted by atomic mass is 9.89. The van der Waals surface area contributed by atoms with Gasteiger partial charge in [0.1, 0.15) is 5.60 Å². The Balaban J connectivity index is 2.07. The molecule has 1 heterocycles. The van der Waals surface area contributed by atoms with Crippen molar-refractivity contribution in [2.45, 2.75) is 76.5 Å². The van der Waals surface area contributed by atoms with Crippen LogP contribution in [0.25, 0.3) is 0 Å². The van der Waals surface area contributed by atoms with Crippen molar-refractivity contribution in [3.63, 3.8) is 0 Å². The highest BCUT2D eigenvalue weighted by atomic mass is 32.2. The maximum Gasteiger partial charge on any atom is 0.410 e. The number of rotatable bonds is 3. The molecule has 0 aromatic heterocycles. The van der Waals surface area contributed by atoms with Crippen molar-refractivity contribution in [3.05, 3.63) is 29.8 Å². The quantitative estimate of drug-likeness (QED) is 0.741. The van der Waals surface area contributed by atoms with Crippen LogP contribution in [0.1, 0.15) is 53.0 Å². The minimum absolute atomic E-state index is 0.149. The van der Waals surface area contributed by atoms with Crippen molar-refractivity contribution in [1.82, 2.24) is 4.90 Å². The molecule has 0 N–H and O–H groups in total. The smallest absolute Gasteiger partial charge is 0.410 e. The van der Waals surface area contributed by atoms with Crippen LogP contribution in [0.2, 0.25) is 0 Å². The molecule has 1 saturated heterocycles. The number of hydrogen-bond acceptors (Lipinski definition) is 5. The maximum atomic E-state index is 12.5. The van der Waals surface area contributed by atoms with Crippen LogP contribution in [-0.2, 0) is 19.0 Å². The number of hydrogen-bond donors (Lipinski definition) is 0. The van der Waals surface area contributed by atoms with Crippen LogP contribution in [0.5, 0.6) is 0 Å². The topological polar surface area (TPSA) is 72.9 Å². The highest BCUT2D eigenvalue weighted by Crippen LogP contribution is 2.32. The fourth-order valence-corrected chi connectivity index (χ4v) is 4.13. The summed E-state index contributed by atoms with van der Waals surface area (Å²) in [4.78, 5) is 14.2. The number of likely N-dealkylation sites (tertiary alicyclic amines) is 1. The number of carbonyl (C=O) groups excluding carboxylic acids is 1. The third kappa shape index (κ3) is 5.20. The van der Waals surface area contributed by atoms with Crippen molar-refractivity contribution in [2.24, 2.45) is 0 Å². The van der Waals surface area contributed by atoms with Crippen LogP contribution >= 0.6 is 0 Å². The van der Waals surface area contributed by atoms with E-state index in [0.717, 1.165) is 5.56 Å². The lowest BCUT2D eigenvalue weighted by Gasteiger charge is -2.45. The van der Waals surface area contributed by atoms with Crippen molar-refractivity contribution >= 4 is 16.2 Å². The van der Waals surface area contributed by atoms with Gasteiger partial charge in [-0.05, 0) is 66.5 Å². The molecule has 1 atom stereocenters. The van der Waals surface area contributed by atoms with E-state index in [1.54, 1.807) is 29.2 Å². The number of amides is 1. The average molecular weight is 384 g/mol. The molecule has 1 aliphatic rings. The van der Waals surface area contributed by atoms with Crippen molar-refractivity contribution in [2.75, 3.05) is 6.54 Å². The Bertz CT molecular complexity index is 747. The van der Waals surface area contributed by atoms with Gasteiger partial charge in [-0.1, -0.05) is 17.7 Å². The molecule has 0 spiro atoms. The second-order valence-electron chi connectivity index (χ2n) is 8.42. The summed E-state index contributed by atoms with van der Waals surface area (Å²) < 4.78 is 35.9. The first kappa shape index (κ1) is 20.7. The number of piperidine rings is 1. The summed E-state index contributed by atoms with van der Waals surface area (Å²) in [6.45, 7) is 11.5. The molecule has 0 radical (unpaired) electrons. The van der Waals surface area contributed by atoms with Gasteiger partial charge < -0.3 is 9.64 Å². The van der Waals surface area contributed by atoms with E-state index in [-0.39, 0.29) is 11.0 Å². The number of aryl methyl sites for hydroxylation is 1. The molecule has 1 amide bonds. The molecule has 26 heavy (non-hydrogen) atoms. The van der Waals surface area contributed by atoms with Gasteiger partial charge in [0.25, 0.3) is 10.1 Å². The van der Waals surface area contributed by atoms with E-state index in [2.05, 4.69) is 0 Å². The zero-order valence-corrected chi connectivity index (χ0v) is 17.2. The van der Waals surface area contributed by atoms with Crippen LogP contribution in [0.3, 0.4) is 0 Å². The number of nitrogens with zero attached hydrogens (tertiary/aromatic N) is 1. The fraction of sp³-hybridized carbons (Fsp3) is 0.632. The minimum Gasteiger partial charge on any atom is -0.444 e. The molecule has 2 rings (SSSR count). The predicted molar refractivity (Wildman–Crippen MR) is 99.5 cm³/mol. The summed E-state index contributed by atoms with van der Waals surface area (Å²) in [6, 6.07) is 6.58. The fourth-order valence-electron chi connectivity index (χ4n) is 3.02. The van der Waals surface area contributed by atoms with E-state index in [1.807, 2.05) is 41.5 Å². The summed E-state index contributed by atoms with van der Waals surface area (Å²) in [7, 11) is -3.83. The molecule has 1 aromatic carbocycles. The van der Waals surface area contributed by atoms with Gasteiger partial charge in [0.2, 0.25) is 0 Å². The second kappa shape index (κ2) is 7.19. The molecular formula is C19H29NO5S. The molecule has 146 valence electrons. The zero-order chi connectivity index (χ0) is 19.8. The van der Waals surface area contributed by atoms with Crippen LogP contribution < -0.4 is 0 Å². The third-order valence-corrected chi connectivity index (χ3v) is 5.69. The Hall–Kier alpha value is -1.60. The number of benzene rings is 1. The molecule has 0 saturated carbocycles. The first-order valence-electron chi connectivity index (χ1n) is 8.81. The highest BCUT2D eigenvalue weighted by Gasteiger charge is 2.41. The molecule has 1 unspecified atom stereocenters. The molecular weight excluding hydrogens is 354 g/mol. The summed E-state index contributed by atoms with van der Waals surface area (Å²) in [6.07, 6.45) is -0.0113. The van der Waals surface area contributed by atoms with E-state index in [9.17, 15) is 13.2 Å². The van der Waals surface area contributed by atoms with Gasteiger partial charge in [0.15, 0.2) is 0 Å². The monoisotopic (exact) mass is 383 g/mol. The Kier molecular flexibility index (Phi) is 5.73. The lowest BCUT2D eigenvalue weighted by Crippen LogP contribution is -2.55. The summed E-state index contributed by atoms with van der Waals surface area (Å²) in [5.41, 5.74) is -0.153. The molecule has 0 bridgehead atoms. The molecule has 0 aliphatic carbocycles. The normalized spacial score (nSPS) is 20.7. The molecule has 7 heteroatoms. The van der Waals surface area contributed by atoms with Crippen LogP contribution in [0, 0.1) is 6.92 Å². The Morgan fingerprint density at radius 1 is 1.19 bits per heavy atom. The summed E-state index contributed by atoms with van der Waals surface area (Å²) >= 11 is 0. The average Bonchev–Trinajstić information content (AvgIpc) is 2.44. The van der Waals surface area contributed by atoms with Gasteiger partial charge in [-0.25, -0.2) is 4.79 Å². The predicted octanol–water partition coefficient (Wildman–Crippen LogP) is 3.88. The minimum atomic E-state index is -3.83. The lowest BCUT2D eigenvalue weighted by molar-refractivity contribution is -0.0251. The van der Waals surface area contributed by atoms with E-state index < -0.39 is 27.4 Å². The first-order valence-corrected chi connectivity index (χ1v) is 10.2. The van der Waals surface area contributed by atoms with Gasteiger partial charge in [-0.3, -0.25) is 4.18 Å². The Labute approximate surface area is 156 Å². The molecule has 1 aliphatic heterocycles. The molecule has 6 nitrogen and oxygen atoms in total. The van der Waals surface area contributed by atoms with Crippen LogP contribution in [-0.4, -0.2) is 43.2 Å². The van der Waals surface area contributed by atoms with Crippen molar-refractivity contribution in [1.29, 1.82) is 0 Å². The van der Waals surface area contributed by atoms with Gasteiger partial charge in [0.05, 0.1) is 11.0 Å². The van der Waals surface area contributed by atoms with E-state index in [1.165, 1.54) is 0 Å². The van der Waals surface area contributed by atoms with E-state index >= 15 is 0 Å². The Morgan fingerprint density at radius 2 is 1.77 bits per heavy atom. The molecule has 1 fully saturated rings. The highest BCUT2D eigenvalue weighted by molar-refractivity contribution is 7.86. The number of carbonyl (C=O) groups is 1.